The Morgan fingerprint density at radius 2 is 1.92 bits per heavy atom. The predicted octanol–water partition coefficient (Wildman–Crippen LogP) is 2.12. The Hall–Kier alpha value is -2.15. The molecule has 1 aliphatic heterocycles. The van der Waals surface area contributed by atoms with Crippen LogP contribution in [0.4, 0.5) is 11.4 Å². The van der Waals surface area contributed by atoms with Crippen molar-refractivity contribution in [2.24, 2.45) is 17.8 Å². The molecule has 1 saturated heterocycles. The lowest BCUT2D eigenvalue weighted by molar-refractivity contribution is -0.384. The highest BCUT2D eigenvalue weighted by molar-refractivity contribution is 5.83. The van der Waals surface area contributed by atoms with Crippen LogP contribution in [-0.4, -0.2) is 55.0 Å². The van der Waals surface area contributed by atoms with Crippen LogP contribution in [0.1, 0.15) is 20.3 Å². The van der Waals surface area contributed by atoms with Gasteiger partial charge in [0.15, 0.2) is 0 Å². The maximum atomic E-state index is 12.3. The Bertz CT molecular complexity index is 649. The van der Waals surface area contributed by atoms with Crippen molar-refractivity contribution in [3.8, 4) is 0 Å². The van der Waals surface area contributed by atoms with Gasteiger partial charge in [-0.3, -0.25) is 14.9 Å². The standard InChI is InChI=1S/C19H28N4O3/c1-13(2)21(3)10-4-9-20-19(24)18-16-11-22(12-17(16)18)14-5-7-15(8-6-14)23(25)26/h5-8,13,16-18H,4,9-12H2,1-3H3,(H,20,24)/t16-,17?,18?/m0/s1. The molecule has 1 heterocycles. The van der Waals surface area contributed by atoms with Crippen LogP contribution in [0.2, 0.25) is 0 Å². The average molecular weight is 360 g/mol. The SMILES string of the molecule is CC(C)N(C)CCCNC(=O)C1C2CN(c3ccc([N+](=O)[O-])cc3)C[C@@H]21. The smallest absolute Gasteiger partial charge is 0.269 e. The number of nitro benzene ring substituents is 1. The third-order valence-electron chi connectivity index (χ3n) is 5.79. The normalized spacial score (nSPS) is 24.0. The number of benzene rings is 1. The summed E-state index contributed by atoms with van der Waals surface area (Å²) < 4.78 is 0. The fourth-order valence-corrected chi connectivity index (χ4v) is 3.83. The summed E-state index contributed by atoms with van der Waals surface area (Å²) in [6.45, 7) is 7.77. The second-order valence-corrected chi connectivity index (χ2v) is 7.75. The highest BCUT2D eigenvalue weighted by Crippen LogP contribution is 2.52. The maximum absolute atomic E-state index is 12.3. The van der Waals surface area contributed by atoms with Crippen molar-refractivity contribution in [3.05, 3.63) is 34.4 Å². The van der Waals surface area contributed by atoms with Gasteiger partial charge in [-0.05, 0) is 57.8 Å². The summed E-state index contributed by atoms with van der Waals surface area (Å²) in [6.07, 6.45) is 0.970. The van der Waals surface area contributed by atoms with E-state index in [0.717, 1.165) is 38.3 Å². The minimum Gasteiger partial charge on any atom is -0.371 e. The molecule has 1 aliphatic carbocycles. The fraction of sp³-hybridized carbons (Fsp3) is 0.632. The summed E-state index contributed by atoms with van der Waals surface area (Å²) in [6, 6.07) is 7.20. The maximum Gasteiger partial charge on any atom is 0.269 e. The van der Waals surface area contributed by atoms with Crippen LogP contribution in [0.25, 0.3) is 0 Å². The van der Waals surface area contributed by atoms with E-state index in [1.165, 1.54) is 12.1 Å². The number of nitrogens with zero attached hydrogens (tertiary/aromatic N) is 3. The average Bonchev–Trinajstić information content (AvgIpc) is 3.12. The first-order valence-electron chi connectivity index (χ1n) is 9.36. The van der Waals surface area contributed by atoms with Crippen LogP contribution < -0.4 is 10.2 Å². The van der Waals surface area contributed by atoms with E-state index >= 15 is 0 Å². The molecule has 3 rings (SSSR count). The molecule has 0 radical (unpaired) electrons. The zero-order valence-electron chi connectivity index (χ0n) is 15.7. The van der Waals surface area contributed by atoms with Crippen molar-refractivity contribution >= 4 is 17.3 Å². The van der Waals surface area contributed by atoms with Crippen molar-refractivity contribution in [2.75, 3.05) is 38.1 Å². The number of hydrogen-bond donors (Lipinski definition) is 1. The monoisotopic (exact) mass is 360 g/mol. The number of rotatable bonds is 8. The number of fused-ring (bicyclic) bond motifs is 1. The van der Waals surface area contributed by atoms with Gasteiger partial charge in [-0.15, -0.1) is 0 Å². The van der Waals surface area contributed by atoms with Crippen LogP contribution >= 0.6 is 0 Å². The van der Waals surface area contributed by atoms with Crippen molar-refractivity contribution in [3.63, 3.8) is 0 Å². The second-order valence-electron chi connectivity index (χ2n) is 7.75. The predicted molar refractivity (Wildman–Crippen MR) is 101 cm³/mol. The summed E-state index contributed by atoms with van der Waals surface area (Å²) >= 11 is 0. The molecule has 1 N–H and O–H groups in total. The quantitative estimate of drug-likeness (QED) is 0.436. The molecular weight excluding hydrogens is 332 g/mol. The van der Waals surface area contributed by atoms with E-state index < -0.39 is 0 Å². The van der Waals surface area contributed by atoms with Gasteiger partial charge in [0, 0.05) is 49.4 Å². The van der Waals surface area contributed by atoms with E-state index in [4.69, 9.17) is 0 Å². The van der Waals surface area contributed by atoms with Gasteiger partial charge in [-0.2, -0.15) is 0 Å². The first-order chi connectivity index (χ1) is 12.4. The van der Waals surface area contributed by atoms with Crippen LogP contribution in [0, 0.1) is 27.9 Å². The van der Waals surface area contributed by atoms with Crippen molar-refractivity contribution in [1.29, 1.82) is 0 Å². The van der Waals surface area contributed by atoms with Gasteiger partial charge in [0.05, 0.1) is 4.92 Å². The summed E-state index contributed by atoms with van der Waals surface area (Å²) in [5, 5.41) is 13.8. The molecule has 1 aromatic carbocycles. The molecule has 7 nitrogen and oxygen atoms in total. The van der Waals surface area contributed by atoms with E-state index in [-0.39, 0.29) is 22.4 Å². The van der Waals surface area contributed by atoms with Crippen molar-refractivity contribution in [1.82, 2.24) is 10.2 Å². The minimum atomic E-state index is -0.384. The number of hydrogen-bond acceptors (Lipinski definition) is 5. The fourth-order valence-electron chi connectivity index (χ4n) is 3.83. The second kappa shape index (κ2) is 7.61. The molecule has 3 atom stereocenters. The molecule has 1 saturated carbocycles. The first kappa shape index (κ1) is 18.6. The number of anilines is 1. The lowest BCUT2D eigenvalue weighted by Crippen LogP contribution is -2.34. The Labute approximate surface area is 154 Å². The lowest BCUT2D eigenvalue weighted by atomic mass is 10.2. The van der Waals surface area contributed by atoms with E-state index in [1.54, 1.807) is 12.1 Å². The molecular formula is C19H28N4O3. The van der Waals surface area contributed by atoms with E-state index in [0.29, 0.717) is 17.9 Å². The molecule has 0 spiro atoms. The summed E-state index contributed by atoms with van der Waals surface area (Å²) in [7, 11) is 2.10. The number of carbonyl (C=O) groups excluding carboxylic acids is 1. The van der Waals surface area contributed by atoms with Gasteiger partial charge >= 0.3 is 0 Å². The van der Waals surface area contributed by atoms with Crippen molar-refractivity contribution in [2.45, 2.75) is 26.3 Å². The van der Waals surface area contributed by atoms with Gasteiger partial charge in [0.25, 0.3) is 5.69 Å². The molecule has 0 bridgehead atoms. The topological polar surface area (TPSA) is 78.7 Å². The Balaban J connectivity index is 1.40. The van der Waals surface area contributed by atoms with Gasteiger partial charge in [-0.25, -0.2) is 0 Å². The summed E-state index contributed by atoms with van der Waals surface area (Å²) in [5.74, 6) is 1.18. The number of nitro groups is 1. The summed E-state index contributed by atoms with van der Waals surface area (Å²) in [5.41, 5.74) is 1.11. The minimum absolute atomic E-state index is 0.110. The third-order valence-corrected chi connectivity index (χ3v) is 5.79. The van der Waals surface area contributed by atoms with E-state index in [2.05, 4.69) is 36.0 Å². The van der Waals surface area contributed by atoms with Crippen molar-refractivity contribution < 1.29 is 9.72 Å². The number of carbonyl (C=O) groups is 1. The highest BCUT2D eigenvalue weighted by atomic mass is 16.6. The molecule has 26 heavy (non-hydrogen) atoms. The van der Waals surface area contributed by atoms with Gasteiger partial charge in [0.1, 0.15) is 0 Å². The van der Waals surface area contributed by atoms with Crippen LogP contribution in [0.5, 0.6) is 0 Å². The van der Waals surface area contributed by atoms with Gasteiger partial charge in [0.2, 0.25) is 5.91 Å². The first-order valence-corrected chi connectivity index (χ1v) is 9.36. The van der Waals surface area contributed by atoms with E-state index in [1.807, 2.05) is 0 Å². The molecule has 1 aromatic rings. The Kier molecular flexibility index (Phi) is 5.46. The third kappa shape index (κ3) is 3.98. The summed E-state index contributed by atoms with van der Waals surface area (Å²) in [4.78, 5) is 27.2. The Morgan fingerprint density at radius 3 is 2.46 bits per heavy atom. The molecule has 2 aliphatic rings. The number of nitrogens with one attached hydrogen (secondary N) is 1. The number of piperidine rings is 1. The van der Waals surface area contributed by atoms with Crippen LogP contribution in [-0.2, 0) is 4.79 Å². The number of amides is 1. The zero-order valence-corrected chi connectivity index (χ0v) is 15.7. The Morgan fingerprint density at radius 1 is 1.31 bits per heavy atom. The largest absolute Gasteiger partial charge is 0.371 e. The molecule has 7 heteroatoms. The molecule has 0 aromatic heterocycles. The zero-order chi connectivity index (χ0) is 18.8. The molecule has 142 valence electrons. The van der Waals surface area contributed by atoms with Gasteiger partial charge in [-0.1, -0.05) is 0 Å². The highest BCUT2D eigenvalue weighted by Gasteiger charge is 2.59. The van der Waals surface area contributed by atoms with Crippen LogP contribution in [0.15, 0.2) is 24.3 Å². The molecule has 2 unspecified atom stereocenters. The van der Waals surface area contributed by atoms with E-state index in [9.17, 15) is 14.9 Å². The molecule has 1 amide bonds. The van der Waals surface area contributed by atoms with Crippen LogP contribution in [0.3, 0.4) is 0 Å². The number of non-ortho nitro benzene ring substituents is 1. The van der Waals surface area contributed by atoms with Gasteiger partial charge < -0.3 is 15.1 Å². The molecule has 2 fully saturated rings. The lowest BCUT2D eigenvalue weighted by Gasteiger charge is -2.22.